The molecule has 0 spiro atoms. The molecule has 0 saturated carbocycles. The van der Waals surface area contributed by atoms with Crippen molar-refractivity contribution < 1.29 is 27.4 Å². The first kappa shape index (κ1) is 25.3. The van der Waals surface area contributed by atoms with Crippen LogP contribution in [0.15, 0.2) is 65.6 Å². The Bertz CT molecular complexity index is 1230. The van der Waals surface area contributed by atoms with Gasteiger partial charge in [-0.1, -0.05) is 28.9 Å². The Morgan fingerprint density at radius 2 is 1.79 bits per heavy atom. The molecule has 3 aromatic carbocycles. The zero-order valence-electron chi connectivity index (χ0n) is 18.9. The normalized spacial score (nSPS) is 12.3. The van der Waals surface area contributed by atoms with Crippen molar-refractivity contribution in [1.82, 2.24) is 0 Å². The lowest BCUT2D eigenvalue weighted by Crippen LogP contribution is -2.13. The number of nitrogens with two attached hydrogens (primary N) is 1. The first-order chi connectivity index (χ1) is 16.2. The van der Waals surface area contributed by atoms with Crippen LogP contribution in [0.25, 0.3) is 11.1 Å². The van der Waals surface area contributed by atoms with Crippen molar-refractivity contribution in [2.45, 2.75) is 24.9 Å². The van der Waals surface area contributed by atoms with Crippen molar-refractivity contribution in [2.24, 2.45) is 5.14 Å². The highest BCUT2D eigenvalue weighted by atomic mass is 32.2. The zero-order chi connectivity index (χ0) is 24.9. The number of methoxy groups -OCH3 is 1. The lowest BCUT2D eigenvalue weighted by atomic mass is 9.97. The molecule has 3 N–H and O–H groups in total. The maximum atomic E-state index is 13.5. The fourth-order valence-electron chi connectivity index (χ4n) is 3.40. The molecule has 1 atom stereocenters. The third-order valence-electron chi connectivity index (χ3n) is 5.00. The van der Waals surface area contributed by atoms with Crippen molar-refractivity contribution in [1.29, 1.82) is 0 Å². The standard InChI is InChI=1S/C25H25F3N2O3S/c1-4-33-21-14-16(10-12-19(21)18-8-6-7-9-20(18)25(26,27)28)24(31)30-17-11-13-23(34(29)5-2)22(15-17)32-3/h5-15H,4,29H2,1-3H3,(H,30,31). The van der Waals surface area contributed by atoms with Gasteiger partial charge in [-0.25, -0.2) is 0 Å². The van der Waals surface area contributed by atoms with E-state index in [1.54, 1.807) is 25.1 Å². The number of amides is 1. The van der Waals surface area contributed by atoms with Crippen LogP contribution in [0.4, 0.5) is 18.9 Å². The van der Waals surface area contributed by atoms with Gasteiger partial charge in [0.15, 0.2) is 0 Å². The van der Waals surface area contributed by atoms with Gasteiger partial charge in [0.1, 0.15) is 11.5 Å². The van der Waals surface area contributed by atoms with Crippen molar-refractivity contribution in [3.8, 4) is 22.6 Å². The summed E-state index contributed by atoms with van der Waals surface area (Å²) >= 11 is 0. The monoisotopic (exact) mass is 490 g/mol. The van der Waals surface area contributed by atoms with Crippen molar-refractivity contribution in [3.05, 3.63) is 71.8 Å². The molecule has 3 aromatic rings. The first-order valence-electron chi connectivity index (χ1n) is 10.4. The maximum absolute atomic E-state index is 13.5. The van der Waals surface area contributed by atoms with E-state index in [0.717, 1.165) is 11.0 Å². The maximum Gasteiger partial charge on any atom is 0.417 e. The first-order valence-corrected chi connectivity index (χ1v) is 11.7. The van der Waals surface area contributed by atoms with Gasteiger partial charge in [0.25, 0.3) is 5.91 Å². The van der Waals surface area contributed by atoms with E-state index in [4.69, 9.17) is 14.6 Å². The molecule has 0 fully saturated rings. The number of carbonyl (C=O) groups is 1. The summed E-state index contributed by atoms with van der Waals surface area (Å²) in [6.45, 7) is 3.80. The molecule has 180 valence electrons. The quantitative estimate of drug-likeness (QED) is 0.378. The predicted octanol–water partition coefficient (Wildman–Crippen LogP) is 6.36. The molecule has 0 saturated heterocycles. The molecule has 0 aromatic heterocycles. The Labute approximate surface area is 198 Å². The predicted molar refractivity (Wildman–Crippen MR) is 131 cm³/mol. The number of hydrogen-bond donors (Lipinski definition) is 2. The Balaban J connectivity index is 1.95. The highest BCUT2D eigenvalue weighted by molar-refractivity contribution is 8.13. The second-order valence-electron chi connectivity index (χ2n) is 7.11. The van der Waals surface area contributed by atoms with Gasteiger partial charge in [-0.05, 0) is 61.2 Å². The smallest absolute Gasteiger partial charge is 0.417 e. The summed E-state index contributed by atoms with van der Waals surface area (Å²) in [4.78, 5) is 13.7. The number of benzene rings is 3. The third-order valence-corrected chi connectivity index (χ3v) is 6.35. The molecule has 0 heterocycles. The Morgan fingerprint density at radius 3 is 2.44 bits per heavy atom. The van der Waals surface area contributed by atoms with E-state index in [1.165, 1.54) is 43.5 Å². The summed E-state index contributed by atoms with van der Waals surface area (Å²) in [5, 5.41) is 10.7. The highest BCUT2D eigenvalue weighted by Gasteiger charge is 2.34. The minimum atomic E-state index is -4.53. The fraction of sp³-hybridized carbons (Fsp3) is 0.200. The van der Waals surface area contributed by atoms with Crippen LogP contribution >= 0.6 is 10.7 Å². The average Bonchev–Trinajstić information content (AvgIpc) is 2.83. The number of ether oxygens (including phenoxy) is 2. The minimum Gasteiger partial charge on any atom is -0.495 e. The van der Waals surface area contributed by atoms with Gasteiger partial charge >= 0.3 is 6.18 Å². The highest BCUT2D eigenvalue weighted by Crippen LogP contribution is 2.41. The Morgan fingerprint density at radius 1 is 1.06 bits per heavy atom. The molecule has 5 nitrogen and oxygen atoms in total. The average molecular weight is 491 g/mol. The topological polar surface area (TPSA) is 73.6 Å². The Hall–Kier alpha value is -3.30. The van der Waals surface area contributed by atoms with Crippen LogP contribution in [0.2, 0.25) is 0 Å². The summed E-state index contributed by atoms with van der Waals surface area (Å²) in [5.41, 5.74) is 0.186. The van der Waals surface area contributed by atoms with Crippen LogP contribution in [0.3, 0.4) is 0 Å². The summed E-state index contributed by atoms with van der Waals surface area (Å²) in [7, 11) is 0.914. The summed E-state index contributed by atoms with van der Waals surface area (Å²) in [5.74, 6) is 0.279. The number of hydrogen-bond acceptors (Lipinski definition) is 4. The van der Waals surface area contributed by atoms with E-state index in [1.807, 2.05) is 12.3 Å². The summed E-state index contributed by atoms with van der Waals surface area (Å²) in [6, 6.07) is 14.8. The minimum absolute atomic E-state index is 0.0179. The van der Waals surface area contributed by atoms with Gasteiger partial charge in [-0.2, -0.15) is 13.2 Å². The zero-order valence-corrected chi connectivity index (χ0v) is 19.7. The van der Waals surface area contributed by atoms with E-state index in [2.05, 4.69) is 5.32 Å². The summed E-state index contributed by atoms with van der Waals surface area (Å²) in [6.07, 6.45) is -4.53. The van der Waals surface area contributed by atoms with Crippen molar-refractivity contribution in [2.75, 3.05) is 19.0 Å². The number of carbonyl (C=O) groups excluding carboxylic acids is 1. The van der Waals surface area contributed by atoms with Crippen molar-refractivity contribution >= 4 is 27.6 Å². The molecule has 34 heavy (non-hydrogen) atoms. The lowest BCUT2D eigenvalue weighted by molar-refractivity contribution is -0.137. The van der Waals surface area contributed by atoms with E-state index >= 15 is 0 Å². The lowest BCUT2D eigenvalue weighted by Gasteiger charge is -2.17. The molecular weight excluding hydrogens is 465 g/mol. The molecule has 0 aliphatic rings. The van der Waals surface area contributed by atoms with Crippen LogP contribution in [0, 0.1) is 0 Å². The molecule has 0 aliphatic heterocycles. The number of nitrogens with one attached hydrogen (secondary N) is 1. The number of anilines is 1. The number of alkyl halides is 3. The van der Waals surface area contributed by atoms with Gasteiger partial charge in [0.05, 0.1) is 24.2 Å². The molecule has 1 amide bonds. The number of rotatable bonds is 7. The second-order valence-corrected chi connectivity index (χ2v) is 8.77. The molecular formula is C25H25F3N2O3S. The fourth-order valence-corrected chi connectivity index (χ4v) is 4.25. The van der Waals surface area contributed by atoms with Crippen LogP contribution < -0.4 is 19.9 Å². The van der Waals surface area contributed by atoms with E-state index < -0.39 is 28.3 Å². The van der Waals surface area contributed by atoms with Gasteiger partial charge in [-0.15, -0.1) is 0 Å². The van der Waals surface area contributed by atoms with E-state index in [0.29, 0.717) is 11.4 Å². The molecule has 1 unspecified atom stereocenters. The van der Waals surface area contributed by atoms with Crippen LogP contribution in [0.5, 0.6) is 11.5 Å². The molecule has 0 radical (unpaired) electrons. The molecule has 3 rings (SSSR count). The largest absolute Gasteiger partial charge is 0.495 e. The third kappa shape index (κ3) is 5.60. The number of halogens is 3. The van der Waals surface area contributed by atoms with Gasteiger partial charge in [0, 0.05) is 22.9 Å². The van der Waals surface area contributed by atoms with Crippen molar-refractivity contribution in [3.63, 3.8) is 0 Å². The van der Waals surface area contributed by atoms with Gasteiger partial charge in [0.2, 0.25) is 0 Å². The molecule has 0 aliphatic carbocycles. The van der Waals surface area contributed by atoms with Gasteiger partial charge in [-0.3, -0.25) is 9.93 Å². The molecule has 0 bridgehead atoms. The SMILES string of the molecule is C/C=S(\N)c1ccc(NC(=O)c2ccc(-c3ccccc3C(F)(F)F)c(OCC)c2)cc1OC. The second kappa shape index (κ2) is 10.8. The van der Waals surface area contributed by atoms with Crippen LogP contribution in [-0.2, 0) is 6.18 Å². The Kier molecular flexibility index (Phi) is 8.01. The van der Waals surface area contributed by atoms with E-state index in [9.17, 15) is 18.0 Å². The van der Waals surface area contributed by atoms with E-state index in [-0.39, 0.29) is 29.0 Å². The van der Waals surface area contributed by atoms with Gasteiger partial charge < -0.3 is 14.8 Å². The molecule has 9 heteroatoms. The van der Waals surface area contributed by atoms with Crippen LogP contribution in [0.1, 0.15) is 29.8 Å². The summed E-state index contributed by atoms with van der Waals surface area (Å²) < 4.78 is 51.6. The van der Waals surface area contributed by atoms with Crippen LogP contribution in [-0.4, -0.2) is 25.0 Å².